The summed E-state index contributed by atoms with van der Waals surface area (Å²) in [4.78, 5) is 24.1. The van der Waals surface area contributed by atoms with Crippen molar-refractivity contribution in [1.82, 2.24) is 20.2 Å². The fraction of sp³-hybridized carbons (Fsp3) is 0.222. The lowest BCUT2D eigenvalue weighted by atomic mass is 10.1. The fourth-order valence-corrected chi connectivity index (χ4v) is 4.63. The van der Waals surface area contributed by atoms with E-state index < -0.39 is 0 Å². The normalized spacial score (nSPS) is 14.2. The van der Waals surface area contributed by atoms with Gasteiger partial charge in [0.25, 0.3) is 0 Å². The number of hydrogen-bond acceptors (Lipinski definition) is 4. The van der Waals surface area contributed by atoms with Crippen LogP contribution in [0.15, 0.2) is 72.8 Å². The van der Waals surface area contributed by atoms with Crippen molar-refractivity contribution < 1.29 is 4.79 Å². The molecule has 0 radical (unpaired) electrons. The van der Waals surface area contributed by atoms with Gasteiger partial charge in [-0.1, -0.05) is 77.8 Å². The lowest BCUT2D eigenvalue weighted by Gasteiger charge is -2.32. The van der Waals surface area contributed by atoms with Gasteiger partial charge < -0.3 is 15.5 Å². The van der Waals surface area contributed by atoms with Crippen molar-refractivity contribution in [3.63, 3.8) is 0 Å². The number of fused-ring (bicyclic) bond motifs is 1. The van der Waals surface area contributed by atoms with E-state index in [1.807, 2.05) is 47.4 Å². The minimum atomic E-state index is -0.0807. The zero-order valence-electron chi connectivity index (χ0n) is 19.0. The molecule has 35 heavy (non-hydrogen) atoms. The first kappa shape index (κ1) is 23.4. The van der Waals surface area contributed by atoms with E-state index in [2.05, 4.69) is 28.8 Å². The number of urea groups is 1. The van der Waals surface area contributed by atoms with Crippen molar-refractivity contribution in [2.75, 3.05) is 18.4 Å². The number of aromatic nitrogens is 2. The third kappa shape index (κ3) is 5.50. The van der Waals surface area contributed by atoms with Gasteiger partial charge >= 0.3 is 6.03 Å². The number of nitrogens with zero attached hydrogens (tertiary/aromatic N) is 3. The van der Waals surface area contributed by atoms with E-state index in [1.54, 1.807) is 12.1 Å². The maximum Gasteiger partial charge on any atom is 0.317 e. The summed E-state index contributed by atoms with van der Waals surface area (Å²) in [5.41, 5.74) is 3.79. The third-order valence-electron chi connectivity index (χ3n) is 6.19. The lowest BCUT2D eigenvalue weighted by Crippen LogP contribution is -2.46. The van der Waals surface area contributed by atoms with E-state index in [4.69, 9.17) is 33.2 Å². The Hall–Kier alpha value is -3.35. The molecule has 0 aliphatic carbocycles. The summed E-state index contributed by atoms with van der Waals surface area (Å²) in [6.45, 7) is 1.72. The van der Waals surface area contributed by atoms with Crippen LogP contribution in [0.3, 0.4) is 0 Å². The Kier molecular flexibility index (Phi) is 7.02. The van der Waals surface area contributed by atoms with Crippen LogP contribution in [0.1, 0.15) is 18.4 Å². The SMILES string of the molecule is O=C(NCc1ccc(Cl)c(Cl)c1)N1CCC(Nc2nc(-c3ccccc3)c3ccccc3n2)CC1. The van der Waals surface area contributed by atoms with Crippen LogP contribution in [0.2, 0.25) is 10.0 Å². The standard InChI is InChI=1S/C27H25Cl2N5O/c28-22-11-10-18(16-23(22)29)17-30-27(35)34-14-12-20(13-15-34)31-26-32-24-9-5-4-8-21(24)25(33-26)19-6-2-1-3-7-19/h1-11,16,20H,12-15,17H2,(H,30,35)(H,31,32,33). The second kappa shape index (κ2) is 10.5. The number of carbonyl (C=O) groups is 1. The summed E-state index contributed by atoms with van der Waals surface area (Å²) in [5, 5.41) is 8.48. The number of para-hydroxylation sites is 1. The van der Waals surface area contributed by atoms with Gasteiger partial charge in [-0.25, -0.2) is 14.8 Å². The second-order valence-electron chi connectivity index (χ2n) is 8.59. The van der Waals surface area contributed by atoms with Crippen LogP contribution >= 0.6 is 23.2 Å². The van der Waals surface area contributed by atoms with Crippen LogP contribution in [-0.2, 0) is 6.54 Å². The van der Waals surface area contributed by atoms with Gasteiger partial charge in [-0.15, -0.1) is 0 Å². The first-order valence-corrected chi connectivity index (χ1v) is 12.4. The number of halogens is 2. The smallest absolute Gasteiger partial charge is 0.317 e. The molecule has 1 fully saturated rings. The van der Waals surface area contributed by atoms with Crippen LogP contribution in [-0.4, -0.2) is 40.0 Å². The van der Waals surface area contributed by atoms with E-state index in [9.17, 15) is 4.79 Å². The van der Waals surface area contributed by atoms with E-state index in [1.165, 1.54) is 0 Å². The molecular weight excluding hydrogens is 481 g/mol. The molecule has 8 heteroatoms. The van der Waals surface area contributed by atoms with E-state index in [0.29, 0.717) is 35.6 Å². The van der Waals surface area contributed by atoms with Gasteiger partial charge in [0.1, 0.15) is 0 Å². The fourth-order valence-electron chi connectivity index (χ4n) is 4.31. The monoisotopic (exact) mass is 505 g/mol. The number of rotatable bonds is 5. The molecule has 1 aromatic heterocycles. The first-order chi connectivity index (χ1) is 17.1. The van der Waals surface area contributed by atoms with Gasteiger partial charge in [0.2, 0.25) is 5.95 Å². The molecule has 1 aliphatic rings. The van der Waals surface area contributed by atoms with E-state index in [0.717, 1.165) is 40.6 Å². The Balaban J connectivity index is 1.21. The number of likely N-dealkylation sites (tertiary alicyclic amines) is 1. The molecule has 0 spiro atoms. The molecule has 1 saturated heterocycles. The highest BCUT2D eigenvalue weighted by Crippen LogP contribution is 2.28. The quantitative estimate of drug-likeness (QED) is 0.329. The lowest BCUT2D eigenvalue weighted by molar-refractivity contribution is 0.183. The molecule has 1 aliphatic heterocycles. The van der Waals surface area contributed by atoms with Crippen LogP contribution in [0, 0.1) is 0 Å². The maximum absolute atomic E-state index is 12.6. The largest absolute Gasteiger partial charge is 0.351 e. The Morgan fingerprint density at radius 1 is 0.914 bits per heavy atom. The summed E-state index contributed by atoms with van der Waals surface area (Å²) in [6, 6.07) is 23.7. The highest BCUT2D eigenvalue weighted by Gasteiger charge is 2.23. The average Bonchev–Trinajstić information content (AvgIpc) is 2.89. The summed E-state index contributed by atoms with van der Waals surface area (Å²) in [6.07, 6.45) is 1.63. The van der Waals surface area contributed by atoms with Crippen LogP contribution in [0.5, 0.6) is 0 Å². The molecule has 4 aromatic rings. The minimum absolute atomic E-state index is 0.0807. The molecule has 0 unspecified atom stereocenters. The highest BCUT2D eigenvalue weighted by molar-refractivity contribution is 6.42. The number of anilines is 1. The number of hydrogen-bond donors (Lipinski definition) is 2. The maximum atomic E-state index is 12.6. The van der Waals surface area contributed by atoms with Crippen LogP contribution < -0.4 is 10.6 Å². The van der Waals surface area contributed by atoms with Gasteiger partial charge in [0, 0.05) is 36.6 Å². The second-order valence-corrected chi connectivity index (χ2v) is 9.41. The topological polar surface area (TPSA) is 70.2 Å². The highest BCUT2D eigenvalue weighted by atomic mass is 35.5. The Bertz CT molecular complexity index is 1340. The molecule has 2 N–H and O–H groups in total. The Labute approximate surface area is 214 Å². The van der Waals surface area contributed by atoms with Gasteiger partial charge in [0.05, 0.1) is 21.3 Å². The molecule has 0 bridgehead atoms. The zero-order valence-corrected chi connectivity index (χ0v) is 20.6. The molecule has 3 aromatic carbocycles. The van der Waals surface area contributed by atoms with Gasteiger partial charge in [-0.3, -0.25) is 0 Å². The predicted octanol–water partition coefficient (Wildman–Crippen LogP) is 6.39. The average molecular weight is 506 g/mol. The molecule has 178 valence electrons. The van der Waals surface area contributed by atoms with Crippen molar-refractivity contribution in [3.05, 3.63) is 88.4 Å². The molecule has 6 nitrogen and oxygen atoms in total. The molecule has 2 heterocycles. The molecule has 5 rings (SSSR count). The summed E-state index contributed by atoms with van der Waals surface area (Å²) < 4.78 is 0. The van der Waals surface area contributed by atoms with Crippen molar-refractivity contribution in [2.45, 2.75) is 25.4 Å². The number of amides is 2. The number of carbonyl (C=O) groups excluding carboxylic acids is 1. The predicted molar refractivity (Wildman–Crippen MR) is 142 cm³/mol. The van der Waals surface area contributed by atoms with Crippen molar-refractivity contribution in [2.24, 2.45) is 0 Å². The number of benzene rings is 3. The molecule has 0 saturated carbocycles. The summed E-state index contributed by atoms with van der Waals surface area (Å²) >= 11 is 12.0. The Morgan fingerprint density at radius 3 is 2.43 bits per heavy atom. The van der Waals surface area contributed by atoms with Crippen molar-refractivity contribution in [1.29, 1.82) is 0 Å². The number of piperidine rings is 1. The van der Waals surface area contributed by atoms with Crippen molar-refractivity contribution in [3.8, 4) is 11.3 Å². The summed E-state index contributed by atoms with van der Waals surface area (Å²) in [7, 11) is 0. The number of nitrogens with one attached hydrogen (secondary N) is 2. The third-order valence-corrected chi connectivity index (χ3v) is 6.93. The zero-order chi connectivity index (χ0) is 24.2. The van der Waals surface area contributed by atoms with Crippen molar-refractivity contribution >= 4 is 46.1 Å². The van der Waals surface area contributed by atoms with E-state index in [-0.39, 0.29) is 12.1 Å². The van der Waals surface area contributed by atoms with Crippen LogP contribution in [0.4, 0.5) is 10.7 Å². The van der Waals surface area contributed by atoms with Gasteiger partial charge in [-0.05, 0) is 36.6 Å². The Morgan fingerprint density at radius 2 is 1.66 bits per heavy atom. The summed E-state index contributed by atoms with van der Waals surface area (Å²) in [5.74, 6) is 0.616. The first-order valence-electron chi connectivity index (χ1n) is 11.6. The molecular formula is C27H25Cl2N5O. The molecule has 2 amide bonds. The minimum Gasteiger partial charge on any atom is -0.351 e. The van der Waals surface area contributed by atoms with E-state index >= 15 is 0 Å². The van der Waals surface area contributed by atoms with Gasteiger partial charge in [-0.2, -0.15) is 0 Å². The van der Waals surface area contributed by atoms with Crippen LogP contribution in [0.25, 0.3) is 22.2 Å². The van der Waals surface area contributed by atoms with Gasteiger partial charge in [0.15, 0.2) is 0 Å². The molecule has 0 atom stereocenters.